The molecule has 244 valence electrons. The number of benzene rings is 4. The van der Waals surface area contributed by atoms with E-state index < -0.39 is 12.1 Å². The molecule has 4 amide bonds. The lowest BCUT2D eigenvalue weighted by Gasteiger charge is -2.24. The third kappa shape index (κ3) is 8.25. The van der Waals surface area contributed by atoms with Gasteiger partial charge in [0.1, 0.15) is 12.1 Å². The summed E-state index contributed by atoms with van der Waals surface area (Å²) in [5, 5.41) is 5.96. The number of likely N-dealkylation sites (tertiary alicyclic amines) is 2. The van der Waals surface area contributed by atoms with Gasteiger partial charge in [-0.3, -0.25) is 19.2 Å². The van der Waals surface area contributed by atoms with Gasteiger partial charge in [0.25, 0.3) is 0 Å². The average Bonchev–Trinajstić information content (AvgIpc) is 3.81. The van der Waals surface area contributed by atoms with Crippen molar-refractivity contribution in [1.82, 2.24) is 9.80 Å². The van der Waals surface area contributed by atoms with Crippen LogP contribution in [0.1, 0.15) is 47.9 Å². The molecule has 0 aromatic heterocycles. The highest BCUT2D eigenvalue weighted by Gasteiger charge is 2.35. The van der Waals surface area contributed by atoms with E-state index >= 15 is 0 Å². The van der Waals surface area contributed by atoms with Crippen molar-refractivity contribution in [2.45, 2.75) is 50.6 Å². The molecule has 2 fully saturated rings. The summed E-state index contributed by atoms with van der Waals surface area (Å²) in [6.07, 6.45) is 7.48. The molecule has 0 radical (unpaired) electrons. The van der Waals surface area contributed by atoms with E-state index in [4.69, 9.17) is 0 Å². The zero-order valence-corrected chi connectivity index (χ0v) is 26.9. The van der Waals surface area contributed by atoms with E-state index in [-0.39, 0.29) is 23.6 Å². The van der Waals surface area contributed by atoms with E-state index in [2.05, 4.69) is 10.6 Å². The maximum absolute atomic E-state index is 13.1. The van der Waals surface area contributed by atoms with E-state index in [0.717, 1.165) is 35.1 Å². The summed E-state index contributed by atoms with van der Waals surface area (Å²) < 4.78 is 0. The van der Waals surface area contributed by atoms with Gasteiger partial charge < -0.3 is 20.4 Å². The first-order valence-electron chi connectivity index (χ1n) is 16.6. The van der Waals surface area contributed by atoms with Gasteiger partial charge in [0.15, 0.2) is 0 Å². The van der Waals surface area contributed by atoms with Crippen molar-refractivity contribution in [3.05, 3.63) is 131 Å². The summed E-state index contributed by atoms with van der Waals surface area (Å²) in [6, 6.07) is 33.4. The van der Waals surface area contributed by atoms with Crippen LogP contribution >= 0.6 is 0 Å². The first-order chi connectivity index (χ1) is 23.4. The Balaban J connectivity index is 0.985. The molecule has 8 nitrogen and oxygen atoms in total. The summed E-state index contributed by atoms with van der Waals surface area (Å²) in [5.74, 6) is -0.380. The Labute approximate surface area is 281 Å². The Morgan fingerprint density at radius 1 is 0.542 bits per heavy atom. The molecule has 0 saturated carbocycles. The van der Waals surface area contributed by atoms with Crippen molar-refractivity contribution < 1.29 is 19.2 Å². The largest absolute Gasteiger partial charge is 0.330 e. The Morgan fingerprint density at radius 2 is 0.917 bits per heavy atom. The molecule has 0 spiro atoms. The molecule has 1 unspecified atom stereocenters. The maximum Gasteiger partial charge on any atom is 0.247 e. The van der Waals surface area contributed by atoms with Crippen LogP contribution in [-0.2, 0) is 32.0 Å². The minimum atomic E-state index is -0.465. The van der Waals surface area contributed by atoms with Gasteiger partial charge in [-0.25, -0.2) is 0 Å². The van der Waals surface area contributed by atoms with Crippen LogP contribution in [0.25, 0.3) is 12.2 Å². The Kier molecular flexibility index (Phi) is 10.4. The van der Waals surface area contributed by atoms with Crippen molar-refractivity contribution in [1.29, 1.82) is 0 Å². The third-order valence-electron chi connectivity index (χ3n) is 8.97. The van der Waals surface area contributed by atoms with Crippen LogP contribution in [0.3, 0.4) is 0 Å². The highest BCUT2D eigenvalue weighted by molar-refractivity contribution is 5.98. The van der Waals surface area contributed by atoms with Gasteiger partial charge in [0, 0.05) is 24.5 Å². The SMILES string of the molecule is O=C(Nc1ccc(/C=C\c2ccc(NC(=O)[C@@H]3CCCN3C(=O)Cc3ccccc3)cc2)cc1)C1CCCN1C(=O)Cc1ccccc1. The zero-order valence-electron chi connectivity index (χ0n) is 26.9. The highest BCUT2D eigenvalue weighted by atomic mass is 16.2. The lowest BCUT2D eigenvalue weighted by atomic mass is 10.1. The number of carbonyl (C=O) groups excluding carboxylic acids is 4. The summed E-state index contributed by atoms with van der Waals surface area (Å²) in [4.78, 5) is 55.5. The van der Waals surface area contributed by atoms with Crippen molar-refractivity contribution in [2.24, 2.45) is 0 Å². The fraction of sp³-hybridized carbons (Fsp3) is 0.250. The molecule has 0 aliphatic carbocycles. The van der Waals surface area contributed by atoms with Crippen LogP contribution in [0.15, 0.2) is 109 Å². The van der Waals surface area contributed by atoms with E-state index in [0.29, 0.717) is 50.1 Å². The zero-order chi connectivity index (χ0) is 33.3. The molecule has 2 aliphatic rings. The van der Waals surface area contributed by atoms with Crippen molar-refractivity contribution in [3.63, 3.8) is 0 Å². The minimum Gasteiger partial charge on any atom is -0.330 e. The van der Waals surface area contributed by atoms with Gasteiger partial charge in [-0.05, 0) is 72.2 Å². The van der Waals surface area contributed by atoms with Gasteiger partial charge in [-0.15, -0.1) is 0 Å². The molecule has 2 saturated heterocycles. The molecule has 0 bridgehead atoms. The van der Waals surface area contributed by atoms with E-state index in [1.807, 2.05) is 121 Å². The number of nitrogens with one attached hydrogen (secondary N) is 2. The smallest absolute Gasteiger partial charge is 0.247 e. The van der Waals surface area contributed by atoms with Crippen LogP contribution in [0.2, 0.25) is 0 Å². The molecule has 4 aromatic carbocycles. The van der Waals surface area contributed by atoms with Gasteiger partial charge in [-0.2, -0.15) is 0 Å². The molecule has 4 aromatic rings. The second kappa shape index (κ2) is 15.4. The lowest BCUT2D eigenvalue weighted by molar-refractivity contribution is -0.136. The van der Waals surface area contributed by atoms with E-state index in [1.165, 1.54) is 0 Å². The molecule has 2 aliphatic heterocycles. The molecule has 48 heavy (non-hydrogen) atoms. The lowest BCUT2D eigenvalue weighted by Crippen LogP contribution is -2.43. The predicted molar refractivity (Wildman–Crippen MR) is 189 cm³/mol. The number of amides is 4. The number of hydrogen-bond acceptors (Lipinski definition) is 4. The quantitative estimate of drug-likeness (QED) is 0.202. The second-order valence-corrected chi connectivity index (χ2v) is 12.4. The Hall–Kier alpha value is -5.50. The monoisotopic (exact) mass is 640 g/mol. The van der Waals surface area contributed by atoms with E-state index in [9.17, 15) is 19.2 Å². The van der Waals surface area contributed by atoms with Crippen LogP contribution in [0, 0.1) is 0 Å². The minimum absolute atomic E-state index is 0.0266. The molecule has 2 N–H and O–H groups in total. The Bertz CT molecular complexity index is 1620. The molecular weight excluding hydrogens is 600 g/mol. The van der Waals surface area contributed by atoms with Gasteiger partial charge >= 0.3 is 0 Å². The van der Waals surface area contributed by atoms with Crippen molar-refractivity contribution >= 4 is 47.2 Å². The van der Waals surface area contributed by atoms with Crippen molar-refractivity contribution in [2.75, 3.05) is 23.7 Å². The molecular formula is C40H40N4O4. The number of anilines is 2. The van der Waals surface area contributed by atoms with E-state index in [1.54, 1.807) is 9.80 Å². The van der Waals surface area contributed by atoms with Gasteiger partial charge in [0.2, 0.25) is 23.6 Å². The second-order valence-electron chi connectivity index (χ2n) is 12.4. The van der Waals surface area contributed by atoms with Crippen LogP contribution < -0.4 is 10.6 Å². The predicted octanol–water partition coefficient (Wildman–Crippen LogP) is 6.20. The summed E-state index contributed by atoms with van der Waals surface area (Å²) in [5.41, 5.74) is 5.18. The standard InChI is InChI=1S/C40H40N4O4/c45-37(27-31-9-3-1-4-10-31)43-25-7-13-35(43)39(47)41-33-21-17-29(18-22-33)15-16-30-19-23-34(24-20-30)42-40(48)36-14-8-26-44(36)38(46)28-32-11-5-2-6-12-32/h1-6,9-12,15-24,35-36H,7-8,13-14,25-28H2,(H,41,47)(H,42,48)/b16-15-/t35-,36?/m0/s1. The van der Waals surface area contributed by atoms with Crippen LogP contribution in [0.4, 0.5) is 11.4 Å². The molecule has 2 heterocycles. The van der Waals surface area contributed by atoms with Crippen LogP contribution in [-0.4, -0.2) is 58.6 Å². The first kappa shape index (κ1) is 32.4. The summed E-state index contributed by atoms with van der Waals surface area (Å²) in [7, 11) is 0. The van der Waals surface area contributed by atoms with Gasteiger partial charge in [0.05, 0.1) is 12.8 Å². The Morgan fingerprint density at radius 3 is 1.29 bits per heavy atom. The van der Waals surface area contributed by atoms with Crippen LogP contribution in [0.5, 0.6) is 0 Å². The molecule has 2 atom stereocenters. The number of nitrogens with zero attached hydrogens (tertiary/aromatic N) is 2. The first-order valence-corrected chi connectivity index (χ1v) is 16.6. The fourth-order valence-electron chi connectivity index (χ4n) is 6.42. The fourth-order valence-corrected chi connectivity index (χ4v) is 6.42. The highest BCUT2D eigenvalue weighted by Crippen LogP contribution is 2.23. The normalized spacial score (nSPS) is 17.4. The van der Waals surface area contributed by atoms with Crippen molar-refractivity contribution in [3.8, 4) is 0 Å². The van der Waals surface area contributed by atoms with Gasteiger partial charge in [-0.1, -0.05) is 97.1 Å². The summed E-state index contributed by atoms with van der Waals surface area (Å²) >= 11 is 0. The summed E-state index contributed by atoms with van der Waals surface area (Å²) in [6.45, 7) is 1.19. The number of rotatable bonds is 10. The molecule has 6 rings (SSSR count). The third-order valence-corrected chi connectivity index (χ3v) is 8.97. The number of carbonyl (C=O) groups is 4. The molecule has 8 heteroatoms. The maximum atomic E-state index is 13.1. The average molecular weight is 641 g/mol. The number of hydrogen-bond donors (Lipinski definition) is 2. The topological polar surface area (TPSA) is 98.8 Å².